The van der Waals surface area contributed by atoms with Crippen molar-refractivity contribution >= 4 is 0 Å². The molecule has 0 saturated heterocycles. The number of unbranched alkanes of at least 4 members (excludes halogenated alkanes) is 3. The standard InChI is InChI=1S/C33H57O/c1-24(2)11-10-12-25(3)29-16-17-30-28-15-14-27-23-26(13-8-6-7-9-22-34)18-20-32(27,4)31(28)19-21-33(29,30)5/h13-14,24-26,28-31,34H,6-12,15-23H2,1-5H3/t25-,26+,28?,29-,30?,31?,32+,33-/m1/s1. The van der Waals surface area contributed by atoms with E-state index in [4.69, 9.17) is 5.11 Å². The van der Waals surface area contributed by atoms with Gasteiger partial charge in [0.2, 0.25) is 0 Å². The van der Waals surface area contributed by atoms with Crippen LogP contribution in [0.2, 0.25) is 0 Å². The molecular formula is C33H57O. The molecule has 1 heteroatoms. The van der Waals surface area contributed by atoms with Crippen LogP contribution in [0.1, 0.15) is 131 Å². The molecule has 0 heterocycles. The molecule has 0 amide bonds. The van der Waals surface area contributed by atoms with Crippen LogP contribution in [0.25, 0.3) is 0 Å². The number of rotatable bonds is 11. The Hall–Kier alpha value is -0.300. The maximum absolute atomic E-state index is 9.02. The Bertz CT molecular complexity index is 678. The van der Waals surface area contributed by atoms with Crippen LogP contribution in [-0.4, -0.2) is 11.7 Å². The van der Waals surface area contributed by atoms with E-state index >= 15 is 0 Å². The number of aliphatic hydroxyl groups excluding tert-OH is 1. The van der Waals surface area contributed by atoms with E-state index < -0.39 is 0 Å². The summed E-state index contributed by atoms with van der Waals surface area (Å²) in [6.07, 6.45) is 26.0. The second-order valence-corrected chi connectivity index (χ2v) is 14.1. The average molecular weight is 470 g/mol. The monoisotopic (exact) mass is 469 g/mol. The summed E-state index contributed by atoms with van der Waals surface area (Å²) in [7, 11) is 0. The van der Waals surface area contributed by atoms with Gasteiger partial charge in [-0.15, -0.1) is 0 Å². The fraction of sp³-hybridized carbons (Fsp3) is 0.909. The summed E-state index contributed by atoms with van der Waals surface area (Å²) in [6, 6.07) is 0. The molecule has 1 nitrogen and oxygen atoms in total. The normalized spacial score (nSPS) is 40.4. The van der Waals surface area contributed by atoms with E-state index in [9.17, 15) is 0 Å². The third-order valence-corrected chi connectivity index (χ3v) is 11.7. The Balaban J connectivity index is 1.37. The second kappa shape index (κ2) is 11.4. The highest BCUT2D eigenvalue weighted by Crippen LogP contribution is 2.67. The van der Waals surface area contributed by atoms with Gasteiger partial charge in [0.15, 0.2) is 0 Å². The van der Waals surface area contributed by atoms with Gasteiger partial charge in [-0.3, -0.25) is 0 Å². The van der Waals surface area contributed by atoms with Crippen LogP contribution in [0.4, 0.5) is 0 Å². The molecule has 0 aliphatic heterocycles. The summed E-state index contributed by atoms with van der Waals surface area (Å²) < 4.78 is 0. The maximum atomic E-state index is 9.02. The first kappa shape index (κ1) is 26.8. The van der Waals surface area contributed by atoms with E-state index in [0.717, 1.165) is 47.8 Å². The van der Waals surface area contributed by atoms with Gasteiger partial charge in [0.05, 0.1) is 0 Å². The predicted molar refractivity (Wildman–Crippen MR) is 146 cm³/mol. The Labute approximate surface area is 212 Å². The lowest BCUT2D eigenvalue weighted by Crippen LogP contribution is -2.50. The summed E-state index contributed by atoms with van der Waals surface area (Å²) in [4.78, 5) is 0. The van der Waals surface area contributed by atoms with Crippen molar-refractivity contribution in [3.63, 3.8) is 0 Å². The highest BCUT2D eigenvalue weighted by Gasteiger charge is 2.59. The van der Waals surface area contributed by atoms with Crippen molar-refractivity contribution in [2.45, 2.75) is 131 Å². The van der Waals surface area contributed by atoms with Gasteiger partial charge in [-0.25, -0.2) is 0 Å². The molecule has 4 aliphatic rings. The van der Waals surface area contributed by atoms with E-state index in [1.807, 2.05) is 5.57 Å². The molecule has 195 valence electrons. The minimum atomic E-state index is 0.356. The average Bonchev–Trinajstić information content (AvgIpc) is 3.16. The lowest BCUT2D eigenvalue weighted by molar-refractivity contribution is -0.0520. The quantitative estimate of drug-likeness (QED) is 0.236. The molecule has 1 radical (unpaired) electrons. The molecule has 0 aromatic rings. The van der Waals surface area contributed by atoms with Crippen LogP contribution in [0.5, 0.6) is 0 Å². The number of allylic oxidation sites excluding steroid dienone is 2. The van der Waals surface area contributed by atoms with Crippen molar-refractivity contribution in [2.75, 3.05) is 6.61 Å². The van der Waals surface area contributed by atoms with Gasteiger partial charge in [0.1, 0.15) is 0 Å². The summed E-state index contributed by atoms with van der Waals surface area (Å²) in [5.41, 5.74) is 2.95. The Morgan fingerprint density at radius 2 is 1.76 bits per heavy atom. The SMILES string of the molecule is CC(C)CCC[C@@H](C)[C@H]1CCC2C3CC=C4C[C@@H]([CH]CCCCCO)CC[C@]4(C)C3CC[C@@]21C. The largest absolute Gasteiger partial charge is 0.396 e. The lowest BCUT2D eigenvalue weighted by Gasteiger charge is -2.58. The summed E-state index contributed by atoms with van der Waals surface area (Å²) >= 11 is 0. The molecule has 0 aromatic carbocycles. The first-order valence-electron chi connectivity index (χ1n) is 15.4. The summed E-state index contributed by atoms with van der Waals surface area (Å²) in [5, 5.41) is 9.02. The van der Waals surface area contributed by atoms with E-state index in [2.05, 4.69) is 47.1 Å². The van der Waals surface area contributed by atoms with Crippen molar-refractivity contribution in [1.82, 2.24) is 0 Å². The van der Waals surface area contributed by atoms with Crippen LogP contribution < -0.4 is 0 Å². The third kappa shape index (κ3) is 5.35. The van der Waals surface area contributed by atoms with Crippen molar-refractivity contribution in [3.8, 4) is 0 Å². The molecule has 0 aromatic heterocycles. The highest BCUT2D eigenvalue weighted by molar-refractivity contribution is 5.25. The number of hydrogen-bond acceptors (Lipinski definition) is 1. The van der Waals surface area contributed by atoms with Crippen molar-refractivity contribution < 1.29 is 5.11 Å². The Morgan fingerprint density at radius 3 is 2.53 bits per heavy atom. The summed E-state index contributed by atoms with van der Waals surface area (Å²) in [5.74, 6) is 6.44. The van der Waals surface area contributed by atoms with Crippen LogP contribution in [-0.2, 0) is 0 Å². The molecular weight excluding hydrogens is 412 g/mol. The molecule has 0 bridgehead atoms. The van der Waals surface area contributed by atoms with Gasteiger partial charge < -0.3 is 5.11 Å². The zero-order valence-corrected chi connectivity index (χ0v) is 23.5. The van der Waals surface area contributed by atoms with Gasteiger partial charge in [-0.05, 0) is 123 Å². The fourth-order valence-electron chi connectivity index (χ4n) is 9.70. The topological polar surface area (TPSA) is 20.2 Å². The highest BCUT2D eigenvalue weighted by atomic mass is 16.2. The van der Waals surface area contributed by atoms with Crippen molar-refractivity contribution in [3.05, 3.63) is 18.1 Å². The van der Waals surface area contributed by atoms with E-state index in [1.165, 1.54) is 89.9 Å². The van der Waals surface area contributed by atoms with E-state index in [0.29, 0.717) is 17.4 Å². The first-order valence-corrected chi connectivity index (χ1v) is 15.4. The van der Waals surface area contributed by atoms with Crippen LogP contribution in [0.15, 0.2) is 11.6 Å². The Morgan fingerprint density at radius 1 is 0.941 bits per heavy atom. The molecule has 4 rings (SSSR count). The van der Waals surface area contributed by atoms with Gasteiger partial charge in [-0.1, -0.05) is 78.4 Å². The number of hydrogen-bond donors (Lipinski definition) is 1. The minimum absolute atomic E-state index is 0.356. The molecule has 0 spiro atoms. The van der Waals surface area contributed by atoms with Gasteiger partial charge >= 0.3 is 0 Å². The minimum Gasteiger partial charge on any atom is -0.396 e. The van der Waals surface area contributed by atoms with E-state index in [1.54, 1.807) is 0 Å². The van der Waals surface area contributed by atoms with Crippen LogP contribution in [0, 0.1) is 58.7 Å². The summed E-state index contributed by atoms with van der Waals surface area (Å²) in [6.45, 7) is 13.1. The van der Waals surface area contributed by atoms with E-state index in [-0.39, 0.29) is 0 Å². The van der Waals surface area contributed by atoms with Gasteiger partial charge in [-0.2, -0.15) is 0 Å². The zero-order chi connectivity index (χ0) is 24.3. The molecule has 4 aliphatic carbocycles. The number of fused-ring (bicyclic) bond motifs is 5. The van der Waals surface area contributed by atoms with Crippen LogP contribution in [0.3, 0.4) is 0 Å². The molecule has 3 unspecified atom stereocenters. The van der Waals surface area contributed by atoms with Crippen molar-refractivity contribution in [2.24, 2.45) is 52.3 Å². The Kier molecular flexibility index (Phi) is 8.97. The molecule has 34 heavy (non-hydrogen) atoms. The molecule has 1 N–H and O–H groups in total. The first-order chi connectivity index (χ1) is 16.3. The molecule has 8 atom stereocenters. The van der Waals surface area contributed by atoms with Gasteiger partial charge in [0.25, 0.3) is 0 Å². The fourth-order valence-corrected chi connectivity index (χ4v) is 9.70. The molecule has 3 saturated carbocycles. The predicted octanol–water partition coefficient (Wildman–Crippen LogP) is 9.40. The second-order valence-electron chi connectivity index (χ2n) is 14.1. The third-order valence-electron chi connectivity index (χ3n) is 11.7. The molecule has 3 fully saturated rings. The van der Waals surface area contributed by atoms with Crippen LogP contribution >= 0.6 is 0 Å². The smallest absolute Gasteiger partial charge is 0.0431 e. The van der Waals surface area contributed by atoms with Gasteiger partial charge in [0, 0.05) is 6.61 Å². The lowest BCUT2D eigenvalue weighted by atomic mass is 9.46. The zero-order valence-electron chi connectivity index (χ0n) is 23.5. The number of aliphatic hydroxyl groups is 1. The van der Waals surface area contributed by atoms with Crippen molar-refractivity contribution in [1.29, 1.82) is 0 Å². The maximum Gasteiger partial charge on any atom is 0.0431 e.